The molecule has 0 aliphatic heterocycles. The Morgan fingerprint density at radius 3 is 2.65 bits per heavy atom. The van der Waals surface area contributed by atoms with Gasteiger partial charge in [0.05, 0.1) is 22.9 Å². The van der Waals surface area contributed by atoms with Crippen molar-refractivity contribution >= 4 is 34.6 Å². The van der Waals surface area contributed by atoms with Gasteiger partial charge in [-0.25, -0.2) is 0 Å². The van der Waals surface area contributed by atoms with Crippen LogP contribution in [0.3, 0.4) is 0 Å². The van der Waals surface area contributed by atoms with E-state index in [4.69, 9.17) is 33.7 Å². The average molecular weight is 311 g/mol. The van der Waals surface area contributed by atoms with Crippen LogP contribution in [-0.2, 0) is 0 Å². The highest BCUT2D eigenvalue weighted by Gasteiger charge is 2.06. The van der Waals surface area contributed by atoms with E-state index in [1.54, 1.807) is 18.2 Å². The van der Waals surface area contributed by atoms with Crippen LogP contribution in [0, 0.1) is 0 Å². The van der Waals surface area contributed by atoms with Gasteiger partial charge in [0, 0.05) is 18.1 Å². The largest absolute Gasteiger partial charge is 0.490 e. The molecule has 0 fully saturated rings. The Balaban J connectivity index is 1.93. The van der Waals surface area contributed by atoms with Crippen molar-refractivity contribution in [1.29, 1.82) is 0 Å². The molecule has 0 amide bonds. The Kier molecular flexibility index (Phi) is 4.99. The number of rotatable bonds is 5. The van der Waals surface area contributed by atoms with Crippen molar-refractivity contribution in [3.05, 3.63) is 52.5 Å². The van der Waals surface area contributed by atoms with Gasteiger partial charge >= 0.3 is 0 Å². The molecule has 0 saturated carbocycles. The van der Waals surface area contributed by atoms with Crippen LogP contribution in [0.4, 0.5) is 11.4 Å². The summed E-state index contributed by atoms with van der Waals surface area (Å²) in [5.74, 6) is 0.591. The molecule has 0 atom stereocenters. The van der Waals surface area contributed by atoms with Crippen LogP contribution in [0.15, 0.2) is 42.5 Å². The number of nitrogens with zero attached hydrogens (tertiary/aromatic N) is 1. The maximum Gasteiger partial charge on any atom is 0.139 e. The van der Waals surface area contributed by atoms with Crippen molar-refractivity contribution in [3.8, 4) is 5.75 Å². The molecule has 3 nitrogen and oxygen atoms in total. The first-order chi connectivity index (χ1) is 9.58. The van der Waals surface area contributed by atoms with Crippen LogP contribution in [0.1, 0.15) is 0 Å². The lowest BCUT2D eigenvalue weighted by Crippen LogP contribution is -2.24. The zero-order valence-corrected chi connectivity index (χ0v) is 12.7. The van der Waals surface area contributed by atoms with Crippen LogP contribution >= 0.6 is 23.2 Å². The molecule has 2 N–H and O–H groups in total. The summed E-state index contributed by atoms with van der Waals surface area (Å²) in [4.78, 5) is 2.04. The quantitative estimate of drug-likeness (QED) is 0.845. The van der Waals surface area contributed by atoms with Gasteiger partial charge in [-0.2, -0.15) is 0 Å². The third kappa shape index (κ3) is 3.71. The van der Waals surface area contributed by atoms with Crippen molar-refractivity contribution in [2.24, 2.45) is 0 Å². The number of halogens is 2. The second kappa shape index (κ2) is 6.73. The fraction of sp³-hybridized carbons (Fsp3) is 0.200. The van der Waals surface area contributed by atoms with Crippen LogP contribution in [0.2, 0.25) is 10.0 Å². The van der Waals surface area contributed by atoms with Gasteiger partial charge < -0.3 is 15.4 Å². The predicted molar refractivity (Wildman–Crippen MR) is 86.1 cm³/mol. The molecule has 0 aliphatic carbocycles. The monoisotopic (exact) mass is 310 g/mol. The molecule has 2 aromatic carbocycles. The van der Waals surface area contributed by atoms with E-state index >= 15 is 0 Å². The molecular formula is C15H16Cl2N2O. The molecule has 2 aromatic rings. The molecule has 0 spiro atoms. The number of ether oxygens (including phenoxy) is 1. The van der Waals surface area contributed by atoms with Crippen molar-refractivity contribution in [1.82, 2.24) is 0 Å². The molecule has 20 heavy (non-hydrogen) atoms. The minimum Gasteiger partial charge on any atom is -0.490 e. The maximum absolute atomic E-state index is 6.04. The second-order valence-electron chi connectivity index (χ2n) is 4.40. The first-order valence-corrected chi connectivity index (χ1v) is 6.97. The molecule has 106 valence electrons. The SMILES string of the molecule is CN(CCOc1cc(Cl)ccc1Cl)c1ccccc1N. The van der Waals surface area contributed by atoms with E-state index in [1.165, 1.54) is 0 Å². The van der Waals surface area contributed by atoms with Crippen LogP contribution < -0.4 is 15.4 Å². The van der Waals surface area contributed by atoms with Gasteiger partial charge in [0.25, 0.3) is 0 Å². The highest BCUT2D eigenvalue weighted by molar-refractivity contribution is 6.34. The summed E-state index contributed by atoms with van der Waals surface area (Å²) in [5, 5.41) is 1.15. The van der Waals surface area contributed by atoms with Crippen molar-refractivity contribution in [3.63, 3.8) is 0 Å². The Morgan fingerprint density at radius 2 is 1.90 bits per heavy atom. The van der Waals surface area contributed by atoms with Crippen molar-refractivity contribution in [2.45, 2.75) is 0 Å². The van der Waals surface area contributed by atoms with E-state index in [-0.39, 0.29) is 0 Å². The average Bonchev–Trinajstić information content (AvgIpc) is 2.43. The van der Waals surface area contributed by atoms with Crippen LogP contribution in [0.25, 0.3) is 0 Å². The molecule has 0 heterocycles. The molecular weight excluding hydrogens is 295 g/mol. The summed E-state index contributed by atoms with van der Waals surface area (Å²) in [7, 11) is 1.97. The van der Waals surface area contributed by atoms with Gasteiger partial charge in [0.2, 0.25) is 0 Å². The number of hydrogen-bond acceptors (Lipinski definition) is 3. The Labute approximate surface area is 128 Å². The standard InChI is InChI=1S/C15H16Cl2N2O/c1-19(14-5-3-2-4-13(14)18)8-9-20-15-10-11(16)6-7-12(15)17/h2-7,10H,8-9,18H2,1H3. The Bertz CT molecular complexity index is 590. The molecule has 5 heteroatoms. The second-order valence-corrected chi connectivity index (χ2v) is 5.25. The summed E-state index contributed by atoms with van der Waals surface area (Å²) in [6.07, 6.45) is 0. The van der Waals surface area contributed by atoms with Crippen LogP contribution in [-0.4, -0.2) is 20.2 Å². The molecule has 0 aromatic heterocycles. The normalized spacial score (nSPS) is 10.3. The van der Waals surface area contributed by atoms with Gasteiger partial charge in [-0.1, -0.05) is 35.3 Å². The molecule has 0 bridgehead atoms. The number of nitrogens with two attached hydrogens (primary N) is 1. The fourth-order valence-electron chi connectivity index (χ4n) is 1.84. The van der Waals surface area contributed by atoms with Gasteiger partial charge in [-0.3, -0.25) is 0 Å². The number of nitrogen functional groups attached to an aromatic ring is 1. The smallest absolute Gasteiger partial charge is 0.139 e. The highest BCUT2D eigenvalue weighted by atomic mass is 35.5. The zero-order valence-electron chi connectivity index (χ0n) is 11.1. The minimum absolute atomic E-state index is 0.491. The Morgan fingerprint density at radius 1 is 1.15 bits per heavy atom. The lowest BCUT2D eigenvalue weighted by atomic mass is 10.2. The van der Waals surface area contributed by atoms with Gasteiger partial charge in [0.1, 0.15) is 12.4 Å². The Hall–Kier alpha value is -1.58. The summed E-state index contributed by atoms with van der Waals surface area (Å²) in [6.45, 7) is 1.18. The maximum atomic E-state index is 6.04. The first kappa shape index (κ1) is 14.8. The van der Waals surface area contributed by atoms with Gasteiger partial charge in [-0.15, -0.1) is 0 Å². The third-order valence-electron chi connectivity index (χ3n) is 2.93. The van der Waals surface area contributed by atoms with E-state index in [9.17, 15) is 0 Å². The van der Waals surface area contributed by atoms with Crippen molar-refractivity contribution < 1.29 is 4.74 Å². The summed E-state index contributed by atoms with van der Waals surface area (Å²) in [5.41, 5.74) is 7.65. The van der Waals surface area contributed by atoms with E-state index < -0.39 is 0 Å². The molecule has 0 aliphatic rings. The predicted octanol–water partition coefficient (Wildman–Crippen LogP) is 4.09. The van der Waals surface area contributed by atoms with E-state index in [1.807, 2.05) is 36.2 Å². The molecule has 0 radical (unpaired) electrons. The summed E-state index contributed by atoms with van der Waals surface area (Å²) in [6, 6.07) is 12.9. The summed E-state index contributed by atoms with van der Waals surface area (Å²) < 4.78 is 5.65. The lowest BCUT2D eigenvalue weighted by Gasteiger charge is -2.21. The number of anilines is 2. The molecule has 2 rings (SSSR count). The van der Waals surface area contributed by atoms with Gasteiger partial charge in [0.15, 0.2) is 0 Å². The van der Waals surface area contributed by atoms with Crippen molar-refractivity contribution in [2.75, 3.05) is 30.8 Å². The third-order valence-corrected chi connectivity index (χ3v) is 3.47. The van der Waals surface area contributed by atoms with Crippen LogP contribution in [0.5, 0.6) is 5.75 Å². The summed E-state index contributed by atoms with van der Waals surface area (Å²) >= 11 is 11.9. The van der Waals surface area contributed by atoms with E-state index in [2.05, 4.69) is 0 Å². The van der Waals surface area contributed by atoms with E-state index in [0.717, 1.165) is 11.4 Å². The van der Waals surface area contributed by atoms with E-state index in [0.29, 0.717) is 28.9 Å². The zero-order chi connectivity index (χ0) is 14.5. The molecule has 0 unspecified atom stereocenters. The minimum atomic E-state index is 0.491. The highest BCUT2D eigenvalue weighted by Crippen LogP contribution is 2.28. The first-order valence-electron chi connectivity index (χ1n) is 6.21. The number of para-hydroxylation sites is 2. The number of likely N-dealkylation sites (N-methyl/N-ethyl adjacent to an activating group) is 1. The fourth-order valence-corrected chi connectivity index (χ4v) is 2.17. The number of hydrogen-bond donors (Lipinski definition) is 1. The van der Waals surface area contributed by atoms with Gasteiger partial charge in [-0.05, 0) is 24.3 Å². The topological polar surface area (TPSA) is 38.5 Å². The number of benzene rings is 2. The lowest BCUT2D eigenvalue weighted by molar-refractivity contribution is 0.326. The molecule has 0 saturated heterocycles.